The molecule has 0 aliphatic carbocycles. The number of aromatic nitrogens is 1. The van der Waals surface area contributed by atoms with E-state index in [0.717, 1.165) is 0 Å². The van der Waals surface area contributed by atoms with Crippen LogP contribution in [0.1, 0.15) is 6.42 Å². The first kappa shape index (κ1) is 9.33. The molecular formula is C9H11N3OS. The molecule has 0 aromatic carbocycles. The van der Waals surface area contributed by atoms with Crippen LogP contribution in [0, 0.1) is 0 Å². The van der Waals surface area contributed by atoms with Gasteiger partial charge in [0, 0.05) is 24.4 Å². The second kappa shape index (κ2) is 3.49. The Balaban J connectivity index is 2.32. The summed E-state index contributed by atoms with van der Waals surface area (Å²) in [5.41, 5.74) is 7.02. The van der Waals surface area contributed by atoms with Crippen molar-refractivity contribution >= 4 is 29.9 Å². The van der Waals surface area contributed by atoms with E-state index in [0.29, 0.717) is 24.3 Å². The average molecular weight is 209 g/mol. The zero-order valence-corrected chi connectivity index (χ0v) is 8.45. The fourth-order valence-corrected chi connectivity index (χ4v) is 1.86. The van der Waals surface area contributed by atoms with E-state index in [-0.39, 0.29) is 11.2 Å². The lowest BCUT2D eigenvalue weighted by Crippen LogP contribution is -2.25. The van der Waals surface area contributed by atoms with Gasteiger partial charge in [-0.2, -0.15) is 12.6 Å². The Morgan fingerprint density at radius 3 is 3.00 bits per heavy atom. The van der Waals surface area contributed by atoms with Crippen LogP contribution < -0.4 is 10.6 Å². The molecule has 0 saturated carbocycles. The molecule has 1 aliphatic heterocycles. The van der Waals surface area contributed by atoms with Gasteiger partial charge in [-0.15, -0.1) is 0 Å². The first-order valence-electron chi connectivity index (χ1n) is 4.36. The Morgan fingerprint density at radius 2 is 2.43 bits per heavy atom. The minimum Gasteiger partial charge on any atom is -0.397 e. The fourth-order valence-electron chi connectivity index (χ4n) is 1.54. The summed E-state index contributed by atoms with van der Waals surface area (Å²) in [7, 11) is 0. The van der Waals surface area contributed by atoms with Gasteiger partial charge < -0.3 is 10.6 Å². The Hall–Kier alpha value is -1.23. The molecular weight excluding hydrogens is 198 g/mol. The number of nitrogen functional groups attached to an aromatic ring is 1. The summed E-state index contributed by atoms with van der Waals surface area (Å²) in [6.07, 6.45) is 3.69. The lowest BCUT2D eigenvalue weighted by atomic mass is 10.3. The second-order valence-electron chi connectivity index (χ2n) is 3.30. The van der Waals surface area contributed by atoms with E-state index >= 15 is 0 Å². The Morgan fingerprint density at radius 1 is 1.64 bits per heavy atom. The molecule has 1 saturated heterocycles. The topological polar surface area (TPSA) is 59.2 Å². The van der Waals surface area contributed by atoms with E-state index in [9.17, 15) is 4.79 Å². The van der Waals surface area contributed by atoms with Crippen molar-refractivity contribution in [3.63, 3.8) is 0 Å². The highest BCUT2D eigenvalue weighted by molar-refractivity contribution is 7.81. The van der Waals surface area contributed by atoms with Crippen molar-refractivity contribution in [2.75, 3.05) is 17.2 Å². The highest BCUT2D eigenvalue weighted by Crippen LogP contribution is 2.27. The van der Waals surface area contributed by atoms with Gasteiger partial charge in [-0.3, -0.25) is 9.78 Å². The number of hydrogen-bond acceptors (Lipinski definition) is 4. The fraction of sp³-hybridized carbons (Fsp3) is 0.333. The van der Waals surface area contributed by atoms with E-state index in [2.05, 4.69) is 17.6 Å². The van der Waals surface area contributed by atoms with Crippen LogP contribution in [-0.4, -0.2) is 22.7 Å². The number of thiol groups is 1. The van der Waals surface area contributed by atoms with Gasteiger partial charge in [-0.25, -0.2) is 0 Å². The molecule has 1 aromatic heterocycles. The molecule has 1 amide bonds. The maximum atomic E-state index is 11.5. The molecule has 5 heteroatoms. The molecule has 2 N–H and O–H groups in total. The van der Waals surface area contributed by atoms with E-state index in [1.165, 1.54) is 0 Å². The zero-order chi connectivity index (χ0) is 10.1. The van der Waals surface area contributed by atoms with Crippen LogP contribution in [0.3, 0.4) is 0 Å². The highest BCUT2D eigenvalue weighted by Gasteiger charge is 2.29. The number of pyridine rings is 1. The van der Waals surface area contributed by atoms with Crippen LogP contribution in [0.5, 0.6) is 0 Å². The molecule has 14 heavy (non-hydrogen) atoms. The molecule has 0 bridgehead atoms. The SMILES string of the molecule is Nc1ccncc1N1CC(S)CC1=O. The third-order valence-corrected chi connectivity index (χ3v) is 2.57. The number of carbonyl (C=O) groups excluding carboxylic acids is 1. The van der Waals surface area contributed by atoms with Gasteiger partial charge in [0.2, 0.25) is 5.91 Å². The van der Waals surface area contributed by atoms with Gasteiger partial charge in [0.05, 0.1) is 17.6 Å². The number of nitrogens with zero attached hydrogens (tertiary/aromatic N) is 2. The molecule has 1 atom stereocenters. The Labute approximate surface area is 87.5 Å². The number of nitrogens with two attached hydrogens (primary N) is 1. The summed E-state index contributed by atoms with van der Waals surface area (Å²) >= 11 is 4.27. The van der Waals surface area contributed by atoms with Crippen LogP contribution >= 0.6 is 12.6 Å². The zero-order valence-electron chi connectivity index (χ0n) is 7.55. The molecule has 2 heterocycles. The van der Waals surface area contributed by atoms with Crippen molar-refractivity contribution in [1.29, 1.82) is 0 Å². The van der Waals surface area contributed by atoms with E-state index in [4.69, 9.17) is 5.73 Å². The van der Waals surface area contributed by atoms with Crippen LogP contribution in [-0.2, 0) is 4.79 Å². The predicted octanol–water partition coefficient (Wildman–Crippen LogP) is 0.699. The van der Waals surface area contributed by atoms with Crippen LogP contribution in [0.4, 0.5) is 11.4 Å². The summed E-state index contributed by atoms with van der Waals surface area (Å²) in [6, 6.07) is 1.69. The molecule has 0 radical (unpaired) electrons. The lowest BCUT2D eigenvalue weighted by Gasteiger charge is -2.17. The molecule has 1 fully saturated rings. The van der Waals surface area contributed by atoms with Gasteiger partial charge in [0.25, 0.3) is 0 Å². The molecule has 4 nitrogen and oxygen atoms in total. The highest BCUT2D eigenvalue weighted by atomic mass is 32.1. The van der Waals surface area contributed by atoms with Crippen LogP contribution in [0.15, 0.2) is 18.5 Å². The van der Waals surface area contributed by atoms with Gasteiger partial charge in [0.15, 0.2) is 0 Å². The van der Waals surface area contributed by atoms with Crippen molar-refractivity contribution in [3.8, 4) is 0 Å². The van der Waals surface area contributed by atoms with Crippen molar-refractivity contribution in [1.82, 2.24) is 4.98 Å². The number of hydrogen-bond donors (Lipinski definition) is 2. The van der Waals surface area contributed by atoms with Gasteiger partial charge in [0.1, 0.15) is 0 Å². The lowest BCUT2D eigenvalue weighted by molar-refractivity contribution is -0.117. The molecule has 74 valence electrons. The van der Waals surface area contributed by atoms with Crippen molar-refractivity contribution < 1.29 is 4.79 Å². The predicted molar refractivity (Wildman–Crippen MR) is 58.4 cm³/mol. The molecule has 2 rings (SSSR count). The summed E-state index contributed by atoms with van der Waals surface area (Å²) in [6.45, 7) is 0.609. The van der Waals surface area contributed by atoms with Crippen molar-refractivity contribution in [2.24, 2.45) is 0 Å². The summed E-state index contributed by atoms with van der Waals surface area (Å²) in [5.74, 6) is 0.0599. The standard InChI is InChI=1S/C9H11N3OS/c10-7-1-2-11-4-8(7)12-5-6(14)3-9(12)13/h1-2,4,6,14H,3,5H2,(H2,10,11). The molecule has 1 aromatic rings. The van der Waals surface area contributed by atoms with E-state index < -0.39 is 0 Å². The summed E-state index contributed by atoms with van der Waals surface area (Å²) in [4.78, 5) is 17.1. The van der Waals surface area contributed by atoms with Crippen molar-refractivity contribution in [3.05, 3.63) is 18.5 Å². The number of amides is 1. The smallest absolute Gasteiger partial charge is 0.228 e. The normalized spacial score (nSPS) is 21.6. The summed E-state index contributed by atoms with van der Waals surface area (Å²) in [5, 5.41) is 0.0992. The van der Waals surface area contributed by atoms with Crippen LogP contribution in [0.2, 0.25) is 0 Å². The first-order valence-corrected chi connectivity index (χ1v) is 4.88. The monoisotopic (exact) mass is 209 g/mol. The average Bonchev–Trinajstić information content (AvgIpc) is 2.46. The minimum atomic E-state index is 0.0599. The van der Waals surface area contributed by atoms with Crippen molar-refractivity contribution in [2.45, 2.75) is 11.7 Å². The second-order valence-corrected chi connectivity index (χ2v) is 4.03. The number of anilines is 2. The molecule has 0 spiro atoms. The molecule has 1 unspecified atom stereocenters. The Bertz CT molecular complexity index is 369. The largest absolute Gasteiger partial charge is 0.397 e. The summed E-state index contributed by atoms with van der Waals surface area (Å²) < 4.78 is 0. The quantitative estimate of drug-likeness (QED) is 0.669. The third kappa shape index (κ3) is 1.55. The van der Waals surface area contributed by atoms with Gasteiger partial charge in [-0.05, 0) is 6.07 Å². The van der Waals surface area contributed by atoms with Crippen LogP contribution in [0.25, 0.3) is 0 Å². The maximum absolute atomic E-state index is 11.5. The number of rotatable bonds is 1. The van der Waals surface area contributed by atoms with E-state index in [1.54, 1.807) is 23.4 Å². The van der Waals surface area contributed by atoms with Gasteiger partial charge >= 0.3 is 0 Å². The van der Waals surface area contributed by atoms with E-state index in [1.807, 2.05) is 0 Å². The number of carbonyl (C=O) groups is 1. The maximum Gasteiger partial charge on any atom is 0.228 e. The minimum absolute atomic E-state index is 0.0599. The van der Waals surface area contributed by atoms with Gasteiger partial charge in [-0.1, -0.05) is 0 Å². The Kier molecular flexibility index (Phi) is 2.33. The third-order valence-electron chi connectivity index (χ3n) is 2.23. The first-order chi connectivity index (χ1) is 6.68. The molecule has 1 aliphatic rings.